The van der Waals surface area contributed by atoms with Crippen LogP contribution < -0.4 is 10.6 Å². The maximum absolute atomic E-state index is 12.9. The van der Waals surface area contributed by atoms with Crippen LogP contribution in [0.5, 0.6) is 0 Å². The van der Waals surface area contributed by atoms with Crippen LogP contribution in [0.2, 0.25) is 5.02 Å². The lowest BCUT2D eigenvalue weighted by molar-refractivity contribution is -0.137. The Hall–Kier alpha value is -2.28. The number of hydrogen-bond acceptors (Lipinski definition) is 3. The highest BCUT2D eigenvalue weighted by molar-refractivity contribution is 6.33. The number of nitrogens with zero attached hydrogens (tertiary/aromatic N) is 1. The van der Waals surface area contributed by atoms with Crippen molar-refractivity contribution in [1.29, 1.82) is 0 Å². The standard InChI is InChI=1S/C22H25ClF3N3O/c1-13-3-10-20(14(2)28-13)27-12-15-4-7-17(8-5-15)29-21(30)18-11-16(22(24,25)26)6-9-19(18)23/h3,6,9-11,15,17,27H,4-5,7-8,12H2,1-2H3,(H,29,30). The molecule has 4 nitrogen and oxygen atoms in total. The van der Waals surface area contributed by atoms with Crippen molar-refractivity contribution in [3.05, 3.63) is 57.9 Å². The van der Waals surface area contributed by atoms with E-state index in [-0.39, 0.29) is 16.6 Å². The first-order valence-electron chi connectivity index (χ1n) is 9.99. The van der Waals surface area contributed by atoms with Crippen LogP contribution in [0.1, 0.15) is 53.0 Å². The van der Waals surface area contributed by atoms with Crippen LogP contribution in [0.3, 0.4) is 0 Å². The Bertz CT molecular complexity index is 909. The molecule has 1 aromatic heterocycles. The zero-order valence-electron chi connectivity index (χ0n) is 16.9. The molecule has 0 bridgehead atoms. The van der Waals surface area contributed by atoms with E-state index in [4.69, 9.17) is 11.6 Å². The third kappa shape index (κ3) is 5.65. The van der Waals surface area contributed by atoms with Crippen molar-refractivity contribution in [2.24, 2.45) is 5.92 Å². The summed E-state index contributed by atoms with van der Waals surface area (Å²) >= 11 is 5.96. The first kappa shape index (κ1) is 22.4. The van der Waals surface area contributed by atoms with Gasteiger partial charge in [0.25, 0.3) is 5.91 Å². The molecule has 2 aromatic rings. The minimum Gasteiger partial charge on any atom is -0.383 e. The molecule has 0 aliphatic heterocycles. The van der Waals surface area contributed by atoms with E-state index < -0.39 is 17.6 Å². The molecule has 0 unspecified atom stereocenters. The van der Waals surface area contributed by atoms with Crippen LogP contribution in [0.4, 0.5) is 18.9 Å². The fourth-order valence-corrected chi connectivity index (χ4v) is 3.98. The molecule has 0 atom stereocenters. The Balaban J connectivity index is 1.51. The van der Waals surface area contributed by atoms with Gasteiger partial charge in [0, 0.05) is 18.3 Å². The van der Waals surface area contributed by atoms with Crippen LogP contribution in [-0.4, -0.2) is 23.5 Å². The SMILES string of the molecule is Cc1ccc(NCC2CCC(NC(=O)c3cc(C(F)(F)F)ccc3Cl)CC2)c(C)n1. The maximum Gasteiger partial charge on any atom is 0.416 e. The van der Waals surface area contributed by atoms with Crippen LogP contribution in [0, 0.1) is 19.8 Å². The molecule has 8 heteroatoms. The van der Waals surface area contributed by atoms with Gasteiger partial charge in [0.1, 0.15) is 0 Å². The summed E-state index contributed by atoms with van der Waals surface area (Å²) in [6, 6.07) is 6.74. The summed E-state index contributed by atoms with van der Waals surface area (Å²) in [5.74, 6) is -0.0926. The summed E-state index contributed by atoms with van der Waals surface area (Å²) in [6.07, 6.45) is -1.12. The summed E-state index contributed by atoms with van der Waals surface area (Å²) < 4.78 is 38.8. The Labute approximate surface area is 179 Å². The normalized spacial score (nSPS) is 19.4. The number of anilines is 1. The number of hydrogen-bond donors (Lipinski definition) is 2. The molecule has 0 spiro atoms. The number of carbonyl (C=O) groups is 1. The van der Waals surface area contributed by atoms with Gasteiger partial charge in [-0.2, -0.15) is 13.2 Å². The summed E-state index contributed by atoms with van der Waals surface area (Å²) in [5.41, 5.74) is 1.95. The highest BCUT2D eigenvalue weighted by Crippen LogP contribution is 2.32. The van der Waals surface area contributed by atoms with E-state index in [1.807, 2.05) is 26.0 Å². The molecule has 162 valence electrons. The van der Waals surface area contributed by atoms with Gasteiger partial charge in [-0.1, -0.05) is 11.6 Å². The fourth-order valence-electron chi connectivity index (χ4n) is 3.78. The maximum atomic E-state index is 12.9. The minimum absolute atomic E-state index is 0.0143. The zero-order valence-corrected chi connectivity index (χ0v) is 17.7. The number of aromatic nitrogens is 1. The van der Waals surface area contributed by atoms with Crippen molar-refractivity contribution < 1.29 is 18.0 Å². The first-order chi connectivity index (χ1) is 14.1. The molecule has 1 aliphatic carbocycles. The molecule has 30 heavy (non-hydrogen) atoms. The Morgan fingerprint density at radius 3 is 2.47 bits per heavy atom. The molecular formula is C22H25ClF3N3O. The van der Waals surface area contributed by atoms with Crippen LogP contribution in [-0.2, 0) is 6.18 Å². The number of pyridine rings is 1. The smallest absolute Gasteiger partial charge is 0.383 e. The number of carbonyl (C=O) groups excluding carboxylic acids is 1. The van der Waals surface area contributed by atoms with Gasteiger partial charge in [0.2, 0.25) is 0 Å². The second kappa shape index (κ2) is 9.25. The number of alkyl halides is 3. The van der Waals surface area contributed by atoms with Crippen molar-refractivity contribution in [2.75, 3.05) is 11.9 Å². The zero-order chi connectivity index (χ0) is 21.9. The van der Waals surface area contributed by atoms with E-state index in [9.17, 15) is 18.0 Å². The van der Waals surface area contributed by atoms with Crippen LogP contribution in [0.15, 0.2) is 30.3 Å². The van der Waals surface area contributed by atoms with E-state index in [2.05, 4.69) is 15.6 Å². The molecule has 0 radical (unpaired) electrons. The number of aryl methyl sites for hydroxylation is 2. The average molecular weight is 440 g/mol. The second-order valence-electron chi connectivity index (χ2n) is 7.85. The summed E-state index contributed by atoms with van der Waals surface area (Å²) in [6.45, 7) is 4.76. The predicted molar refractivity (Wildman–Crippen MR) is 112 cm³/mol. The third-order valence-corrected chi connectivity index (χ3v) is 5.86. The lowest BCUT2D eigenvalue weighted by Gasteiger charge is -2.29. The Kier molecular flexibility index (Phi) is 6.91. The van der Waals surface area contributed by atoms with E-state index in [1.54, 1.807) is 0 Å². The topological polar surface area (TPSA) is 54.0 Å². The van der Waals surface area contributed by atoms with E-state index in [0.29, 0.717) is 5.92 Å². The van der Waals surface area contributed by atoms with E-state index in [1.165, 1.54) is 0 Å². The molecular weight excluding hydrogens is 415 g/mol. The van der Waals surface area contributed by atoms with Crippen molar-refractivity contribution in [1.82, 2.24) is 10.3 Å². The molecule has 1 aliphatic rings. The number of nitrogens with one attached hydrogen (secondary N) is 2. The minimum atomic E-state index is -4.52. The molecule has 1 fully saturated rings. The molecule has 1 saturated carbocycles. The molecule has 1 amide bonds. The lowest BCUT2D eigenvalue weighted by Crippen LogP contribution is -2.38. The molecule has 1 heterocycles. The van der Waals surface area contributed by atoms with Gasteiger partial charge >= 0.3 is 6.18 Å². The monoisotopic (exact) mass is 439 g/mol. The summed E-state index contributed by atoms with van der Waals surface area (Å²) in [5, 5.41) is 6.30. The Morgan fingerprint density at radius 2 is 1.83 bits per heavy atom. The van der Waals surface area contributed by atoms with Crippen LogP contribution >= 0.6 is 11.6 Å². The van der Waals surface area contributed by atoms with Gasteiger partial charge in [0.15, 0.2) is 0 Å². The van der Waals surface area contributed by atoms with Gasteiger partial charge in [-0.3, -0.25) is 9.78 Å². The van der Waals surface area contributed by atoms with Crippen molar-refractivity contribution >= 4 is 23.2 Å². The number of benzene rings is 1. The molecule has 1 aromatic carbocycles. The number of amides is 1. The van der Waals surface area contributed by atoms with E-state index in [0.717, 1.165) is 67.5 Å². The predicted octanol–water partition coefficient (Wildman–Crippen LogP) is 5.77. The van der Waals surface area contributed by atoms with Gasteiger partial charge < -0.3 is 10.6 Å². The van der Waals surface area contributed by atoms with Crippen molar-refractivity contribution in [2.45, 2.75) is 51.7 Å². The van der Waals surface area contributed by atoms with Crippen molar-refractivity contribution in [3.63, 3.8) is 0 Å². The van der Waals surface area contributed by atoms with Gasteiger partial charge in [-0.25, -0.2) is 0 Å². The average Bonchev–Trinajstić information content (AvgIpc) is 2.68. The molecule has 0 saturated heterocycles. The van der Waals surface area contributed by atoms with E-state index >= 15 is 0 Å². The molecule has 2 N–H and O–H groups in total. The van der Waals surface area contributed by atoms with Crippen LogP contribution in [0.25, 0.3) is 0 Å². The quantitative estimate of drug-likeness (QED) is 0.621. The lowest BCUT2D eigenvalue weighted by atomic mass is 9.85. The summed E-state index contributed by atoms with van der Waals surface area (Å²) in [7, 11) is 0. The number of halogens is 4. The van der Waals surface area contributed by atoms with Crippen molar-refractivity contribution in [3.8, 4) is 0 Å². The largest absolute Gasteiger partial charge is 0.416 e. The first-order valence-corrected chi connectivity index (χ1v) is 10.4. The number of rotatable bonds is 5. The van der Waals surface area contributed by atoms with Gasteiger partial charge in [-0.15, -0.1) is 0 Å². The fraction of sp³-hybridized carbons (Fsp3) is 0.455. The summed E-state index contributed by atoms with van der Waals surface area (Å²) in [4.78, 5) is 16.9. The third-order valence-electron chi connectivity index (χ3n) is 5.53. The van der Waals surface area contributed by atoms with Gasteiger partial charge in [0.05, 0.1) is 27.5 Å². The highest BCUT2D eigenvalue weighted by atomic mass is 35.5. The molecule has 3 rings (SSSR count). The Morgan fingerprint density at radius 1 is 1.13 bits per heavy atom. The highest BCUT2D eigenvalue weighted by Gasteiger charge is 2.32. The second-order valence-corrected chi connectivity index (χ2v) is 8.26. The van der Waals surface area contributed by atoms with Gasteiger partial charge in [-0.05, 0) is 75.8 Å².